The summed E-state index contributed by atoms with van der Waals surface area (Å²) in [6, 6.07) is -0.187. The van der Waals surface area contributed by atoms with Gasteiger partial charge in [0, 0.05) is 0 Å². The van der Waals surface area contributed by atoms with E-state index in [1.807, 2.05) is 0 Å². The van der Waals surface area contributed by atoms with Crippen molar-refractivity contribution in [2.75, 3.05) is 0 Å². The number of hydrogen-bond acceptors (Lipinski definition) is 4. The highest BCUT2D eigenvalue weighted by Gasteiger charge is 2.37. The van der Waals surface area contributed by atoms with Crippen molar-refractivity contribution >= 4 is 12.2 Å². The Labute approximate surface area is 51.3 Å². The van der Waals surface area contributed by atoms with Crippen molar-refractivity contribution in [1.29, 1.82) is 0 Å². The van der Waals surface area contributed by atoms with Crippen LogP contribution in [-0.4, -0.2) is 24.2 Å². The smallest absolute Gasteiger partial charge is 0.211 e. The van der Waals surface area contributed by atoms with Crippen LogP contribution >= 0.6 is 0 Å². The fourth-order valence-electron chi connectivity index (χ4n) is 0.582. The van der Waals surface area contributed by atoms with E-state index in [2.05, 4.69) is 9.98 Å². The van der Waals surface area contributed by atoms with Crippen molar-refractivity contribution < 1.29 is 9.59 Å². The Morgan fingerprint density at radius 1 is 1.11 bits per heavy atom. The minimum atomic E-state index is -0.0936. The first-order valence-electron chi connectivity index (χ1n) is 2.52. The van der Waals surface area contributed by atoms with Gasteiger partial charge in [-0.1, -0.05) is 0 Å². The molecule has 0 aliphatic heterocycles. The van der Waals surface area contributed by atoms with Crippen LogP contribution in [0.3, 0.4) is 0 Å². The van der Waals surface area contributed by atoms with Crippen LogP contribution in [0.25, 0.3) is 0 Å². The van der Waals surface area contributed by atoms with Crippen molar-refractivity contribution in [3.63, 3.8) is 0 Å². The maximum absolute atomic E-state index is 9.57. The highest BCUT2D eigenvalue weighted by molar-refractivity contribution is 5.38. The summed E-state index contributed by atoms with van der Waals surface area (Å²) in [6.07, 6.45) is 3.49. The van der Waals surface area contributed by atoms with E-state index in [1.54, 1.807) is 0 Å². The molecule has 1 rings (SSSR count). The second-order valence-electron chi connectivity index (χ2n) is 1.81. The molecule has 0 N–H and O–H groups in total. The zero-order valence-corrected chi connectivity index (χ0v) is 4.57. The molecular formula is C5H4N2O2. The Morgan fingerprint density at radius 2 is 1.56 bits per heavy atom. The lowest BCUT2D eigenvalue weighted by molar-refractivity contribution is 0.559. The Bertz CT molecular complexity index is 179. The molecule has 0 aromatic heterocycles. The molecule has 9 heavy (non-hydrogen) atoms. The van der Waals surface area contributed by atoms with Crippen LogP contribution in [0.15, 0.2) is 9.98 Å². The van der Waals surface area contributed by atoms with E-state index in [-0.39, 0.29) is 12.1 Å². The van der Waals surface area contributed by atoms with Crippen LogP contribution < -0.4 is 0 Å². The van der Waals surface area contributed by atoms with E-state index in [1.165, 1.54) is 12.2 Å². The number of carbonyl (C=O) groups excluding carboxylic acids is 2. The summed E-state index contributed by atoms with van der Waals surface area (Å²) in [5.74, 6) is 0. The van der Waals surface area contributed by atoms with Gasteiger partial charge in [0.15, 0.2) is 0 Å². The highest BCUT2D eigenvalue weighted by atomic mass is 16.1. The van der Waals surface area contributed by atoms with E-state index in [9.17, 15) is 9.59 Å². The second kappa shape index (κ2) is 2.35. The standard InChI is InChI=1S/C5H4N2O2/c8-2-6-4-1-5(4)7-3-9/h4-5H,1H2/t4-,5-/m1/s1. The third-order valence-electron chi connectivity index (χ3n) is 1.16. The molecular weight excluding hydrogens is 120 g/mol. The third kappa shape index (κ3) is 1.32. The Morgan fingerprint density at radius 3 is 1.89 bits per heavy atom. The average Bonchev–Trinajstić information content (AvgIpc) is 2.50. The van der Waals surface area contributed by atoms with Gasteiger partial charge in [0.1, 0.15) is 0 Å². The maximum Gasteiger partial charge on any atom is 0.235 e. The molecule has 1 saturated carbocycles. The molecule has 0 unspecified atom stereocenters. The largest absolute Gasteiger partial charge is 0.235 e. The first-order valence-corrected chi connectivity index (χ1v) is 2.52. The quantitative estimate of drug-likeness (QED) is 0.378. The Balaban J connectivity index is 2.41. The average molecular weight is 124 g/mol. The molecule has 0 heterocycles. The fourth-order valence-corrected chi connectivity index (χ4v) is 0.582. The molecule has 0 bridgehead atoms. The summed E-state index contributed by atoms with van der Waals surface area (Å²) in [5.41, 5.74) is 0. The minimum Gasteiger partial charge on any atom is -0.211 e. The topological polar surface area (TPSA) is 58.9 Å². The van der Waals surface area contributed by atoms with E-state index >= 15 is 0 Å². The minimum absolute atomic E-state index is 0.0936. The van der Waals surface area contributed by atoms with Crippen LogP contribution in [0.1, 0.15) is 6.42 Å². The first-order chi connectivity index (χ1) is 4.38. The highest BCUT2D eigenvalue weighted by Crippen LogP contribution is 2.27. The van der Waals surface area contributed by atoms with Gasteiger partial charge >= 0.3 is 0 Å². The number of isocyanates is 2. The van der Waals surface area contributed by atoms with E-state index in [0.717, 1.165) is 0 Å². The van der Waals surface area contributed by atoms with Gasteiger partial charge in [-0.05, 0) is 6.42 Å². The van der Waals surface area contributed by atoms with Crippen molar-refractivity contribution in [2.45, 2.75) is 18.5 Å². The van der Waals surface area contributed by atoms with E-state index in [4.69, 9.17) is 0 Å². The van der Waals surface area contributed by atoms with Gasteiger partial charge < -0.3 is 0 Å². The molecule has 0 aromatic carbocycles. The van der Waals surface area contributed by atoms with Gasteiger partial charge in [-0.25, -0.2) is 19.6 Å². The third-order valence-corrected chi connectivity index (χ3v) is 1.16. The summed E-state index contributed by atoms with van der Waals surface area (Å²) >= 11 is 0. The summed E-state index contributed by atoms with van der Waals surface area (Å²) < 4.78 is 0. The van der Waals surface area contributed by atoms with Gasteiger partial charge in [0.25, 0.3) is 0 Å². The summed E-state index contributed by atoms with van der Waals surface area (Å²) in [6.45, 7) is 0. The molecule has 46 valence electrons. The molecule has 2 atom stereocenters. The van der Waals surface area contributed by atoms with Gasteiger partial charge in [-0.15, -0.1) is 0 Å². The monoisotopic (exact) mass is 124 g/mol. The van der Waals surface area contributed by atoms with Crippen LogP contribution in [0.2, 0.25) is 0 Å². The fraction of sp³-hybridized carbons (Fsp3) is 0.600. The van der Waals surface area contributed by atoms with E-state index in [0.29, 0.717) is 6.42 Å². The van der Waals surface area contributed by atoms with Crippen LogP contribution in [-0.2, 0) is 9.59 Å². The first kappa shape index (κ1) is 5.89. The number of rotatable bonds is 2. The van der Waals surface area contributed by atoms with Gasteiger partial charge in [-0.3, -0.25) is 0 Å². The van der Waals surface area contributed by atoms with Gasteiger partial charge in [0.05, 0.1) is 12.1 Å². The Kier molecular flexibility index (Phi) is 1.54. The molecule has 0 aromatic rings. The molecule has 4 heteroatoms. The second-order valence-corrected chi connectivity index (χ2v) is 1.81. The molecule has 1 aliphatic carbocycles. The maximum atomic E-state index is 9.57. The molecule has 0 amide bonds. The Hall–Kier alpha value is -1.24. The van der Waals surface area contributed by atoms with Gasteiger partial charge in [0.2, 0.25) is 12.2 Å². The molecule has 0 radical (unpaired) electrons. The summed E-state index contributed by atoms with van der Waals surface area (Å²) in [5, 5.41) is 0. The van der Waals surface area contributed by atoms with Crippen LogP contribution in [0.5, 0.6) is 0 Å². The van der Waals surface area contributed by atoms with Crippen LogP contribution in [0.4, 0.5) is 0 Å². The SMILES string of the molecule is O=C=N[C@@H]1C[C@H]1N=C=O. The molecule has 0 spiro atoms. The lowest BCUT2D eigenvalue weighted by Crippen LogP contribution is -1.83. The van der Waals surface area contributed by atoms with Crippen molar-refractivity contribution in [2.24, 2.45) is 9.98 Å². The van der Waals surface area contributed by atoms with Crippen molar-refractivity contribution in [1.82, 2.24) is 0 Å². The number of aliphatic imine (C=N–C) groups is 2. The van der Waals surface area contributed by atoms with E-state index < -0.39 is 0 Å². The zero-order chi connectivity index (χ0) is 6.69. The predicted molar refractivity (Wildman–Crippen MR) is 28.4 cm³/mol. The van der Waals surface area contributed by atoms with Crippen molar-refractivity contribution in [3.05, 3.63) is 0 Å². The summed E-state index contributed by atoms with van der Waals surface area (Å²) in [7, 11) is 0. The molecule has 1 fully saturated rings. The van der Waals surface area contributed by atoms with Gasteiger partial charge in [-0.2, -0.15) is 0 Å². The molecule has 0 saturated heterocycles. The van der Waals surface area contributed by atoms with Crippen molar-refractivity contribution in [3.8, 4) is 0 Å². The van der Waals surface area contributed by atoms with Crippen LogP contribution in [0, 0.1) is 0 Å². The lowest BCUT2D eigenvalue weighted by atomic mass is 10.7. The molecule has 4 nitrogen and oxygen atoms in total. The predicted octanol–water partition coefficient (Wildman–Crippen LogP) is -0.201. The zero-order valence-electron chi connectivity index (χ0n) is 4.57. The lowest BCUT2D eigenvalue weighted by Gasteiger charge is -1.73. The number of nitrogens with zero attached hydrogens (tertiary/aromatic N) is 2. The number of hydrogen-bond donors (Lipinski definition) is 0. The summed E-state index contributed by atoms with van der Waals surface area (Å²) in [4.78, 5) is 25.9. The molecule has 1 aliphatic rings. The normalized spacial score (nSPS) is 29.8.